The molecule has 46 heavy (non-hydrogen) atoms. The van der Waals surface area contributed by atoms with Crippen LogP contribution in [0.15, 0.2) is 108 Å². The monoisotopic (exact) mass is 639 g/mol. The highest BCUT2D eigenvalue weighted by molar-refractivity contribution is 7.92. The second-order valence-electron chi connectivity index (χ2n) is 12.2. The molecule has 0 aromatic heterocycles. The minimum absolute atomic E-state index is 0.0950. The minimum atomic E-state index is -4.15. The maximum atomic E-state index is 14.7. The van der Waals surface area contributed by atoms with Crippen molar-refractivity contribution in [2.75, 3.05) is 17.4 Å². The molecule has 4 aromatic rings. The molecule has 1 N–H and O–H groups in total. The summed E-state index contributed by atoms with van der Waals surface area (Å²) < 4.78 is 29.8. The van der Waals surface area contributed by atoms with E-state index in [1.165, 1.54) is 4.31 Å². The van der Waals surface area contributed by atoms with Crippen molar-refractivity contribution in [1.82, 2.24) is 10.2 Å². The number of para-hydroxylation sites is 1. The van der Waals surface area contributed by atoms with Crippen molar-refractivity contribution in [2.45, 2.75) is 64.9 Å². The first kappa shape index (κ1) is 34.4. The van der Waals surface area contributed by atoms with E-state index in [1.807, 2.05) is 101 Å². The van der Waals surface area contributed by atoms with E-state index in [0.717, 1.165) is 27.8 Å². The number of nitrogens with one attached hydrogen (secondary N) is 1. The van der Waals surface area contributed by atoms with Crippen LogP contribution in [0.4, 0.5) is 5.69 Å². The van der Waals surface area contributed by atoms with Gasteiger partial charge in [0.05, 0.1) is 10.6 Å². The molecule has 0 aliphatic carbocycles. The van der Waals surface area contributed by atoms with Crippen LogP contribution >= 0.6 is 0 Å². The van der Waals surface area contributed by atoms with Gasteiger partial charge < -0.3 is 10.2 Å². The van der Waals surface area contributed by atoms with Gasteiger partial charge in [-0.3, -0.25) is 13.9 Å². The molecule has 8 heteroatoms. The Morgan fingerprint density at radius 1 is 0.783 bits per heavy atom. The highest BCUT2D eigenvalue weighted by Gasteiger charge is 2.35. The number of carbonyl (C=O) groups is 2. The smallest absolute Gasteiger partial charge is 0.264 e. The van der Waals surface area contributed by atoms with Crippen LogP contribution in [0, 0.1) is 19.8 Å². The van der Waals surface area contributed by atoms with Crippen molar-refractivity contribution < 1.29 is 18.0 Å². The lowest BCUT2D eigenvalue weighted by atomic mass is 10.0. The Morgan fingerprint density at radius 3 is 2.09 bits per heavy atom. The number of hydrogen-bond donors (Lipinski definition) is 1. The summed E-state index contributed by atoms with van der Waals surface area (Å²) in [5, 5.41) is 3.03. The molecule has 0 aliphatic rings. The van der Waals surface area contributed by atoms with Crippen LogP contribution in [0.5, 0.6) is 0 Å². The first-order chi connectivity index (χ1) is 22.0. The maximum absolute atomic E-state index is 14.7. The van der Waals surface area contributed by atoms with Crippen LogP contribution in [-0.2, 0) is 39.0 Å². The van der Waals surface area contributed by atoms with Crippen LogP contribution in [0.3, 0.4) is 0 Å². The molecule has 0 spiro atoms. The fourth-order valence-electron chi connectivity index (χ4n) is 5.39. The van der Waals surface area contributed by atoms with E-state index >= 15 is 0 Å². The number of hydrogen-bond acceptors (Lipinski definition) is 4. The van der Waals surface area contributed by atoms with Gasteiger partial charge in [-0.2, -0.15) is 0 Å². The van der Waals surface area contributed by atoms with Gasteiger partial charge in [0, 0.05) is 19.5 Å². The molecule has 0 heterocycles. The highest BCUT2D eigenvalue weighted by atomic mass is 32.2. The summed E-state index contributed by atoms with van der Waals surface area (Å²) in [6, 6.07) is 30.4. The Labute approximate surface area is 274 Å². The lowest BCUT2D eigenvalue weighted by molar-refractivity contribution is -0.140. The molecule has 4 rings (SSSR count). The fraction of sp³-hybridized carbons (Fsp3) is 0.316. The van der Waals surface area contributed by atoms with Gasteiger partial charge in [0.1, 0.15) is 12.6 Å². The van der Waals surface area contributed by atoms with Gasteiger partial charge in [-0.05, 0) is 61.1 Å². The van der Waals surface area contributed by atoms with Gasteiger partial charge in [-0.1, -0.05) is 117 Å². The summed E-state index contributed by atoms with van der Waals surface area (Å²) in [5.41, 5.74) is 4.94. The number of anilines is 1. The van der Waals surface area contributed by atoms with Crippen LogP contribution in [0.25, 0.3) is 0 Å². The molecule has 0 radical (unpaired) electrons. The molecule has 0 aliphatic heterocycles. The van der Waals surface area contributed by atoms with Crippen molar-refractivity contribution >= 4 is 27.5 Å². The van der Waals surface area contributed by atoms with Crippen LogP contribution in [-0.4, -0.2) is 44.3 Å². The Hall–Kier alpha value is -4.43. The van der Waals surface area contributed by atoms with Crippen LogP contribution < -0.4 is 9.62 Å². The van der Waals surface area contributed by atoms with E-state index in [4.69, 9.17) is 0 Å². The van der Waals surface area contributed by atoms with Crippen LogP contribution in [0.1, 0.15) is 48.6 Å². The lowest BCUT2D eigenvalue weighted by Crippen LogP contribution is -2.53. The molecule has 0 fully saturated rings. The van der Waals surface area contributed by atoms with E-state index in [1.54, 1.807) is 41.3 Å². The number of nitrogens with zero attached hydrogens (tertiary/aromatic N) is 2. The summed E-state index contributed by atoms with van der Waals surface area (Å²) in [5.74, 6) is -0.535. The Kier molecular flexibility index (Phi) is 11.8. The molecular formula is C38H45N3O4S. The quantitative estimate of drug-likeness (QED) is 0.171. The van der Waals surface area contributed by atoms with Gasteiger partial charge in [0.25, 0.3) is 10.0 Å². The van der Waals surface area contributed by atoms with E-state index < -0.39 is 28.5 Å². The Balaban J connectivity index is 1.83. The minimum Gasteiger partial charge on any atom is -0.354 e. The second-order valence-corrected chi connectivity index (χ2v) is 14.0. The molecule has 1 unspecified atom stereocenters. The standard InChI is InChI=1S/C38H45N3O4S/c1-6-33-17-10-11-18-35(33)41(46(44,45)34-21-19-29(4)20-22-34)27-37(42)40(26-32-16-12-13-30(5)23-32)36(38(43)39-25-28(2)3)24-31-14-8-7-9-15-31/h7-23,28,36H,6,24-27H2,1-5H3,(H,39,43). The molecule has 4 aromatic carbocycles. The largest absolute Gasteiger partial charge is 0.354 e. The number of carbonyl (C=O) groups excluding carboxylic acids is 2. The molecule has 2 amide bonds. The predicted molar refractivity (Wildman–Crippen MR) is 185 cm³/mol. The van der Waals surface area contributed by atoms with Gasteiger partial charge in [0.15, 0.2) is 0 Å². The number of rotatable bonds is 14. The zero-order valence-electron chi connectivity index (χ0n) is 27.4. The van der Waals surface area contributed by atoms with Gasteiger partial charge >= 0.3 is 0 Å². The molecule has 242 valence electrons. The number of sulfonamides is 1. The Morgan fingerprint density at radius 2 is 1.43 bits per heavy atom. The maximum Gasteiger partial charge on any atom is 0.264 e. The first-order valence-electron chi connectivity index (χ1n) is 15.8. The first-order valence-corrected chi connectivity index (χ1v) is 17.3. The topological polar surface area (TPSA) is 86.8 Å². The summed E-state index contributed by atoms with van der Waals surface area (Å²) in [7, 11) is -4.15. The SMILES string of the molecule is CCc1ccccc1N(CC(=O)N(Cc1cccc(C)c1)C(Cc1ccccc1)C(=O)NCC(C)C)S(=O)(=O)c1ccc(C)cc1. The summed E-state index contributed by atoms with van der Waals surface area (Å²) in [4.78, 5) is 30.2. The summed E-state index contributed by atoms with van der Waals surface area (Å²) in [6.07, 6.45) is 0.851. The third kappa shape index (κ3) is 8.85. The molecule has 0 saturated carbocycles. The van der Waals surface area contributed by atoms with E-state index in [2.05, 4.69) is 5.32 Å². The molecular weight excluding hydrogens is 595 g/mol. The third-order valence-corrected chi connectivity index (χ3v) is 9.69. The second kappa shape index (κ2) is 15.7. The fourth-order valence-corrected chi connectivity index (χ4v) is 6.84. The van der Waals surface area contributed by atoms with E-state index in [9.17, 15) is 18.0 Å². The summed E-state index contributed by atoms with van der Waals surface area (Å²) in [6.45, 7) is 9.98. The highest BCUT2D eigenvalue weighted by Crippen LogP contribution is 2.29. The molecule has 0 bridgehead atoms. The van der Waals surface area contributed by atoms with Crippen molar-refractivity contribution in [1.29, 1.82) is 0 Å². The lowest BCUT2D eigenvalue weighted by Gasteiger charge is -2.34. The van der Waals surface area contributed by atoms with Crippen molar-refractivity contribution in [2.24, 2.45) is 5.92 Å². The van der Waals surface area contributed by atoms with Crippen molar-refractivity contribution in [3.05, 3.63) is 131 Å². The molecule has 0 saturated heterocycles. The average Bonchev–Trinajstić information content (AvgIpc) is 3.04. The van der Waals surface area contributed by atoms with E-state index in [0.29, 0.717) is 18.7 Å². The zero-order chi connectivity index (χ0) is 33.3. The third-order valence-electron chi connectivity index (χ3n) is 7.92. The average molecular weight is 640 g/mol. The Bertz CT molecular complexity index is 1720. The van der Waals surface area contributed by atoms with E-state index in [-0.39, 0.29) is 29.7 Å². The number of aryl methyl sites for hydroxylation is 3. The number of benzene rings is 4. The van der Waals surface area contributed by atoms with Crippen molar-refractivity contribution in [3.63, 3.8) is 0 Å². The molecule has 7 nitrogen and oxygen atoms in total. The predicted octanol–water partition coefficient (Wildman–Crippen LogP) is 6.47. The van der Waals surface area contributed by atoms with Gasteiger partial charge in [0.2, 0.25) is 11.8 Å². The summed E-state index contributed by atoms with van der Waals surface area (Å²) >= 11 is 0. The number of amides is 2. The van der Waals surface area contributed by atoms with Gasteiger partial charge in [-0.15, -0.1) is 0 Å². The van der Waals surface area contributed by atoms with Crippen molar-refractivity contribution in [3.8, 4) is 0 Å². The molecule has 1 atom stereocenters. The normalized spacial score (nSPS) is 12.0. The van der Waals surface area contributed by atoms with Gasteiger partial charge in [-0.25, -0.2) is 8.42 Å². The van der Waals surface area contributed by atoms with Crippen LogP contribution in [0.2, 0.25) is 0 Å². The zero-order valence-corrected chi connectivity index (χ0v) is 28.3.